The number of hydrogen-bond donors (Lipinski definition) is 1. The molecule has 4 aromatic carbocycles. The van der Waals surface area contributed by atoms with Crippen molar-refractivity contribution < 1.29 is 4.42 Å². The summed E-state index contributed by atoms with van der Waals surface area (Å²) in [6.07, 6.45) is 5.67. The Hall–Kier alpha value is -4.89. The number of benzene rings is 4. The molecule has 6 rings (SSSR count). The predicted octanol–water partition coefficient (Wildman–Crippen LogP) is 9.61. The fourth-order valence-corrected chi connectivity index (χ4v) is 5.37. The molecule has 0 aliphatic heterocycles. The largest absolute Gasteiger partial charge is 0.456 e. The van der Waals surface area contributed by atoms with Crippen molar-refractivity contribution in [1.82, 2.24) is 4.98 Å². The molecule has 0 unspecified atom stereocenters. The summed E-state index contributed by atoms with van der Waals surface area (Å²) < 4.78 is 6.29. The molecule has 0 amide bonds. The van der Waals surface area contributed by atoms with E-state index >= 15 is 0 Å². The van der Waals surface area contributed by atoms with E-state index < -0.39 is 0 Å². The maximum Gasteiger partial charge on any atom is 0.134 e. The van der Waals surface area contributed by atoms with Gasteiger partial charge in [-0.05, 0) is 83.5 Å². The Kier molecular flexibility index (Phi) is 7.26. The van der Waals surface area contributed by atoms with Crippen LogP contribution in [-0.4, -0.2) is 4.98 Å². The van der Waals surface area contributed by atoms with E-state index in [4.69, 9.17) is 10.2 Å². The van der Waals surface area contributed by atoms with Crippen LogP contribution in [0.25, 0.3) is 50.3 Å². The van der Waals surface area contributed by atoms with Gasteiger partial charge in [-0.25, -0.2) is 0 Å². The van der Waals surface area contributed by atoms with Crippen molar-refractivity contribution in [2.45, 2.75) is 33.6 Å². The molecule has 0 aliphatic rings. The van der Waals surface area contributed by atoms with Gasteiger partial charge in [0.05, 0.1) is 5.52 Å². The Labute approximate surface area is 242 Å². The van der Waals surface area contributed by atoms with Gasteiger partial charge in [-0.15, -0.1) is 0 Å². The zero-order valence-corrected chi connectivity index (χ0v) is 23.8. The summed E-state index contributed by atoms with van der Waals surface area (Å²) in [4.78, 5) is 4.67. The molecule has 0 spiro atoms. The van der Waals surface area contributed by atoms with Crippen LogP contribution in [0.5, 0.6) is 0 Å². The van der Waals surface area contributed by atoms with Crippen LogP contribution >= 0.6 is 0 Å². The van der Waals surface area contributed by atoms with Crippen molar-refractivity contribution in [3.63, 3.8) is 0 Å². The molecule has 0 bridgehead atoms. The Balaban J connectivity index is 1.22. The summed E-state index contributed by atoms with van der Waals surface area (Å²) in [6.45, 7) is 6.48. The first-order valence-electron chi connectivity index (χ1n) is 14.3. The zero-order valence-electron chi connectivity index (χ0n) is 23.8. The van der Waals surface area contributed by atoms with Gasteiger partial charge < -0.3 is 10.2 Å². The van der Waals surface area contributed by atoms with E-state index in [0.717, 1.165) is 63.3 Å². The number of pyridine rings is 1. The molecular weight excluding hydrogens is 500 g/mol. The molecule has 2 heterocycles. The third-order valence-electron chi connectivity index (χ3n) is 7.91. The summed E-state index contributed by atoms with van der Waals surface area (Å²) in [5, 5.41) is 1.17. The quantitative estimate of drug-likeness (QED) is 0.222. The number of fused-ring (bicyclic) bond motifs is 1. The van der Waals surface area contributed by atoms with Gasteiger partial charge in [-0.1, -0.05) is 86.6 Å². The minimum Gasteiger partial charge on any atom is -0.456 e. The molecule has 2 aromatic heterocycles. The summed E-state index contributed by atoms with van der Waals surface area (Å²) in [5.41, 5.74) is 18.6. The van der Waals surface area contributed by atoms with Crippen LogP contribution in [0.15, 0.2) is 120 Å². The Bertz CT molecular complexity index is 1860. The van der Waals surface area contributed by atoms with E-state index in [1.165, 1.54) is 27.6 Å². The molecule has 202 valence electrons. The molecule has 3 nitrogen and oxygen atoms in total. The average molecular weight is 535 g/mol. The van der Waals surface area contributed by atoms with E-state index in [0.29, 0.717) is 0 Å². The second-order valence-electron chi connectivity index (χ2n) is 10.5. The SMILES string of the molecule is CCc1ccc(C)c(/C(=C\N)c2ccc(-c3ccc(-c4ccc(-c5cnc6ccc(CC)cc6c5)cc4)o3)cc2)c1. The lowest BCUT2D eigenvalue weighted by atomic mass is 9.92. The van der Waals surface area contributed by atoms with E-state index in [1.807, 2.05) is 18.3 Å². The minimum absolute atomic E-state index is 0.837. The van der Waals surface area contributed by atoms with Gasteiger partial charge in [0.2, 0.25) is 0 Å². The third kappa shape index (κ3) is 5.31. The van der Waals surface area contributed by atoms with Crippen LogP contribution in [0.2, 0.25) is 0 Å². The summed E-state index contributed by atoms with van der Waals surface area (Å²) in [5.74, 6) is 1.68. The van der Waals surface area contributed by atoms with Crippen LogP contribution in [0.1, 0.15) is 41.7 Å². The third-order valence-corrected chi connectivity index (χ3v) is 7.91. The second-order valence-corrected chi connectivity index (χ2v) is 10.5. The van der Waals surface area contributed by atoms with E-state index in [2.05, 4.69) is 117 Å². The van der Waals surface area contributed by atoms with Gasteiger partial charge in [0.1, 0.15) is 11.5 Å². The molecule has 0 atom stereocenters. The monoisotopic (exact) mass is 534 g/mol. The second kappa shape index (κ2) is 11.3. The van der Waals surface area contributed by atoms with Crippen molar-refractivity contribution in [2.75, 3.05) is 0 Å². The van der Waals surface area contributed by atoms with Crippen molar-refractivity contribution in [3.05, 3.63) is 143 Å². The summed E-state index contributed by atoms with van der Waals surface area (Å²) in [7, 11) is 0. The van der Waals surface area contributed by atoms with Gasteiger partial charge in [-0.2, -0.15) is 0 Å². The number of rotatable bonds is 7. The number of aromatic nitrogens is 1. The van der Waals surface area contributed by atoms with Crippen molar-refractivity contribution in [2.24, 2.45) is 5.73 Å². The van der Waals surface area contributed by atoms with Crippen LogP contribution in [0.4, 0.5) is 0 Å². The van der Waals surface area contributed by atoms with Gasteiger partial charge in [0.15, 0.2) is 0 Å². The Morgan fingerprint density at radius 3 is 1.95 bits per heavy atom. The van der Waals surface area contributed by atoms with Gasteiger partial charge in [0.25, 0.3) is 0 Å². The number of nitrogens with two attached hydrogens (primary N) is 1. The predicted molar refractivity (Wildman–Crippen MR) is 172 cm³/mol. The number of furan rings is 1. The Morgan fingerprint density at radius 2 is 1.29 bits per heavy atom. The van der Waals surface area contributed by atoms with E-state index in [1.54, 1.807) is 6.20 Å². The average Bonchev–Trinajstić information content (AvgIpc) is 3.52. The smallest absolute Gasteiger partial charge is 0.134 e. The lowest BCUT2D eigenvalue weighted by Crippen LogP contribution is -1.97. The fraction of sp³-hybridized carbons (Fsp3) is 0.132. The highest BCUT2D eigenvalue weighted by molar-refractivity contribution is 5.85. The highest BCUT2D eigenvalue weighted by Gasteiger charge is 2.12. The first-order valence-corrected chi connectivity index (χ1v) is 14.3. The fourth-order valence-electron chi connectivity index (χ4n) is 5.37. The highest BCUT2D eigenvalue weighted by Crippen LogP contribution is 2.33. The molecule has 0 aliphatic carbocycles. The lowest BCUT2D eigenvalue weighted by Gasteiger charge is -2.13. The lowest BCUT2D eigenvalue weighted by molar-refractivity contribution is 0.597. The highest BCUT2D eigenvalue weighted by atomic mass is 16.3. The first kappa shape index (κ1) is 26.3. The number of nitrogens with zero attached hydrogens (tertiary/aromatic N) is 1. The molecular formula is C38H34N2O. The summed E-state index contributed by atoms with van der Waals surface area (Å²) >= 11 is 0. The maximum absolute atomic E-state index is 6.29. The molecule has 0 saturated heterocycles. The standard InChI is InChI=1S/C38H34N2O/c1-4-26-8-17-36-32(20-26)22-33(24-40-36)28-9-13-30(14-10-28)37-18-19-38(41-37)31-15-11-29(12-16-31)35(23-39)34-21-27(5-2)7-6-25(34)3/h6-24H,4-5,39H2,1-3H3/b35-23-. The van der Waals surface area contributed by atoms with Gasteiger partial charge >= 0.3 is 0 Å². The van der Waals surface area contributed by atoms with Crippen LogP contribution in [0, 0.1) is 6.92 Å². The normalized spacial score (nSPS) is 11.7. The molecule has 3 heteroatoms. The van der Waals surface area contributed by atoms with Crippen LogP contribution in [0.3, 0.4) is 0 Å². The topological polar surface area (TPSA) is 52.0 Å². The van der Waals surface area contributed by atoms with Crippen LogP contribution in [-0.2, 0) is 12.8 Å². The Morgan fingerprint density at radius 1 is 0.683 bits per heavy atom. The van der Waals surface area contributed by atoms with Crippen molar-refractivity contribution >= 4 is 16.5 Å². The molecule has 2 N–H and O–H groups in total. The molecule has 0 radical (unpaired) electrons. The van der Waals surface area contributed by atoms with Crippen molar-refractivity contribution in [3.8, 4) is 33.8 Å². The van der Waals surface area contributed by atoms with E-state index in [9.17, 15) is 0 Å². The number of aryl methyl sites for hydroxylation is 3. The van der Waals surface area contributed by atoms with Crippen LogP contribution < -0.4 is 5.73 Å². The maximum atomic E-state index is 6.29. The zero-order chi connectivity index (χ0) is 28.3. The molecule has 0 fully saturated rings. The molecule has 41 heavy (non-hydrogen) atoms. The molecule has 6 aromatic rings. The first-order chi connectivity index (χ1) is 20.1. The summed E-state index contributed by atoms with van der Waals surface area (Å²) in [6, 6.07) is 36.3. The van der Waals surface area contributed by atoms with Gasteiger partial charge in [-0.3, -0.25) is 4.98 Å². The van der Waals surface area contributed by atoms with Crippen molar-refractivity contribution in [1.29, 1.82) is 0 Å². The van der Waals surface area contributed by atoms with E-state index in [-0.39, 0.29) is 0 Å². The molecule has 0 saturated carbocycles. The minimum atomic E-state index is 0.837. The number of hydrogen-bond acceptors (Lipinski definition) is 3. The van der Waals surface area contributed by atoms with Gasteiger partial charge in [0, 0.05) is 40.0 Å².